The molecule has 0 heterocycles. The first kappa shape index (κ1) is 10.4. The van der Waals surface area contributed by atoms with E-state index in [1.807, 2.05) is 0 Å². The molecule has 0 atom stereocenters. The number of hydrogen-bond acceptors (Lipinski definition) is 3. The fourth-order valence-corrected chi connectivity index (χ4v) is 1.03. The number of benzene rings is 1. The lowest BCUT2D eigenvalue weighted by Crippen LogP contribution is -2.31. The number of nitro benzene ring substituents is 1. The molecule has 0 unspecified atom stereocenters. The maximum Gasteiger partial charge on any atom is 0.269 e. The van der Waals surface area contributed by atoms with Crippen molar-refractivity contribution >= 4 is 28.7 Å². The van der Waals surface area contributed by atoms with Crippen molar-refractivity contribution in [2.24, 2.45) is 5.73 Å². The Morgan fingerprint density at radius 2 is 2.00 bits per heavy atom. The molecule has 5 nitrogen and oxygen atoms in total. The van der Waals surface area contributed by atoms with Gasteiger partial charge in [-0.3, -0.25) is 10.1 Å². The van der Waals surface area contributed by atoms with Crippen LogP contribution in [0.3, 0.4) is 0 Å². The van der Waals surface area contributed by atoms with E-state index in [1.54, 1.807) is 24.1 Å². The van der Waals surface area contributed by atoms with Crippen LogP contribution in [0.2, 0.25) is 0 Å². The Morgan fingerprint density at radius 3 is 2.36 bits per heavy atom. The van der Waals surface area contributed by atoms with E-state index in [0.29, 0.717) is 0 Å². The summed E-state index contributed by atoms with van der Waals surface area (Å²) in [6, 6.07) is 6.00. The van der Waals surface area contributed by atoms with Gasteiger partial charge in [-0.25, -0.2) is 0 Å². The zero-order valence-electron chi connectivity index (χ0n) is 7.51. The van der Waals surface area contributed by atoms with Crippen LogP contribution in [0.25, 0.3) is 0 Å². The molecule has 0 amide bonds. The zero-order valence-corrected chi connectivity index (χ0v) is 8.32. The van der Waals surface area contributed by atoms with Gasteiger partial charge >= 0.3 is 0 Å². The van der Waals surface area contributed by atoms with Crippen LogP contribution >= 0.6 is 12.2 Å². The number of non-ortho nitro benzene ring substituents is 1. The Morgan fingerprint density at radius 1 is 1.50 bits per heavy atom. The van der Waals surface area contributed by atoms with Crippen molar-refractivity contribution in [3.8, 4) is 0 Å². The van der Waals surface area contributed by atoms with Crippen LogP contribution in [-0.2, 0) is 0 Å². The first-order valence-electron chi connectivity index (χ1n) is 3.80. The van der Waals surface area contributed by atoms with E-state index in [-0.39, 0.29) is 10.8 Å². The fourth-order valence-electron chi connectivity index (χ4n) is 0.925. The van der Waals surface area contributed by atoms with Gasteiger partial charge in [0.1, 0.15) is 0 Å². The lowest BCUT2D eigenvalue weighted by Gasteiger charge is -2.16. The second-order valence-electron chi connectivity index (χ2n) is 2.67. The smallest absolute Gasteiger partial charge is 0.269 e. The van der Waals surface area contributed by atoms with E-state index in [4.69, 9.17) is 18.0 Å². The quantitative estimate of drug-likeness (QED) is 0.453. The lowest BCUT2D eigenvalue weighted by molar-refractivity contribution is -0.384. The molecular weight excluding hydrogens is 202 g/mol. The Bertz CT molecular complexity index is 363. The summed E-state index contributed by atoms with van der Waals surface area (Å²) in [4.78, 5) is 11.5. The van der Waals surface area contributed by atoms with Crippen LogP contribution in [0.1, 0.15) is 0 Å². The standard InChI is InChI=1S/C8H9N3O2S/c1-10(8(9)14)6-2-4-7(5-3-6)11(12)13/h2-5H,1H3,(H2,9,14). The average Bonchev–Trinajstić information content (AvgIpc) is 2.16. The Hall–Kier alpha value is -1.69. The van der Waals surface area contributed by atoms with E-state index in [2.05, 4.69) is 0 Å². The predicted molar refractivity (Wildman–Crippen MR) is 58.3 cm³/mol. The third-order valence-electron chi connectivity index (χ3n) is 1.78. The van der Waals surface area contributed by atoms with E-state index < -0.39 is 4.92 Å². The SMILES string of the molecule is CN(C(N)=S)c1ccc([N+](=O)[O-])cc1. The first-order valence-corrected chi connectivity index (χ1v) is 4.21. The zero-order chi connectivity index (χ0) is 10.7. The van der Waals surface area contributed by atoms with E-state index in [9.17, 15) is 10.1 Å². The third kappa shape index (κ3) is 2.17. The number of nitrogens with zero attached hydrogens (tertiary/aromatic N) is 2. The van der Waals surface area contributed by atoms with Crippen LogP contribution in [0, 0.1) is 10.1 Å². The summed E-state index contributed by atoms with van der Waals surface area (Å²) < 4.78 is 0. The number of rotatable bonds is 2. The van der Waals surface area contributed by atoms with Gasteiger partial charge in [0.15, 0.2) is 5.11 Å². The van der Waals surface area contributed by atoms with Crippen LogP contribution in [0.5, 0.6) is 0 Å². The largest absolute Gasteiger partial charge is 0.376 e. The van der Waals surface area contributed by atoms with Crippen molar-refractivity contribution in [1.29, 1.82) is 0 Å². The van der Waals surface area contributed by atoms with Gasteiger partial charge in [0.25, 0.3) is 5.69 Å². The molecule has 0 bridgehead atoms. The molecule has 0 fully saturated rings. The minimum absolute atomic E-state index is 0.0464. The first-order chi connectivity index (χ1) is 6.52. The van der Waals surface area contributed by atoms with Crippen LogP contribution in [0.4, 0.5) is 11.4 Å². The maximum absolute atomic E-state index is 10.4. The summed E-state index contributed by atoms with van der Waals surface area (Å²) in [6.45, 7) is 0. The fraction of sp³-hybridized carbons (Fsp3) is 0.125. The number of anilines is 1. The highest BCUT2D eigenvalue weighted by molar-refractivity contribution is 7.80. The van der Waals surface area contributed by atoms with Crippen LogP contribution < -0.4 is 10.6 Å². The van der Waals surface area contributed by atoms with Gasteiger partial charge in [0, 0.05) is 24.9 Å². The van der Waals surface area contributed by atoms with Gasteiger partial charge in [0.2, 0.25) is 0 Å². The number of thiocarbonyl (C=S) groups is 1. The molecule has 1 rings (SSSR count). The summed E-state index contributed by atoms with van der Waals surface area (Å²) >= 11 is 4.75. The van der Waals surface area contributed by atoms with Crippen molar-refractivity contribution in [1.82, 2.24) is 0 Å². The normalized spacial score (nSPS) is 9.50. The van der Waals surface area contributed by atoms with Crippen molar-refractivity contribution in [2.45, 2.75) is 0 Å². The summed E-state index contributed by atoms with van der Waals surface area (Å²) in [5.41, 5.74) is 6.16. The third-order valence-corrected chi connectivity index (χ3v) is 2.05. The highest BCUT2D eigenvalue weighted by atomic mass is 32.1. The van der Waals surface area contributed by atoms with Gasteiger partial charge in [-0.1, -0.05) is 0 Å². The molecule has 6 heteroatoms. The molecule has 74 valence electrons. The molecule has 0 aliphatic rings. The van der Waals surface area contributed by atoms with Gasteiger partial charge in [0.05, 0.1) is 4.92 Å². The Balaban J connectivity index is 2.94. The number of nitro groups is 1. The molecule has 0 aliphatic heterocycles. The molecule has 14 heavy (non-hydrogen) atoms. The second kappa shape index (κ2) is 4.01. The molecule has 2 N–H and O–H groups in total. The number of hydrogen-bond donors (Lipinski definition) is 1. The van der Waals surface area contributed by atoms with Crippen molar-refractivity contribution < 1.29 is 4.92 Å². The predicted octanol–water partition coefficient (Wildman–Crippen LogP) is 1.27. The topological polar surface area (TPSA) is 72.4 Å². The van der Waals surface area contributed by atoms with Gasteiger partial charge in [-0.05, 0) is 24.4 Å². The van der Waals surface area contributed by atoms with Gasteiger partial charge < -0.3 is 10.6 Å². The molecule has 0 aliphatic carbocycles. The highest BCUT2D eigenvalue weighted by Gasteiger charge is 2.07. The Kier molecular flexibility index (Phi) is 2.98. The van der Waals surface area contributed by atoms with Crippen LogP contribution in [-0.4, -0.2) is 17.1 Å². The summed E-state index contributed by atoms with van der Waals surface area (Å²) in [7, 11) is 1.70. The lowest BCUT2D eigenvalue weighted by atomic mass is 10.3. The number of nitrogens with two attached hydrogens (primary N) is 1. The summed E-state index contributed by atoms with van der Waals surface area (Å²) in [5.74, 6) is 0. The molecule has 1 aromatic rings. The maximum atomic E-state index is 10.4. The summed E-state index contributed by atoms with van der Waals surface area (Å²) in [6.07, 6.45) is 0. The van der Waals surface area contributed by atoms with Crippen molar-refractivity contribution in [3.63, 3.8) is 0 Å². The van der Waals surface area contributed by atoms with Crippen molar-refractivity contribution in [2.75, 3.05) is 11.9 Å². The molecule has 0 radical (unpaired) electrons. The van der Waals surface area contributed by atoms with Crippen molar-refractivity contribution in [3.05, 3.63) is 34.4 Å². The average molecular weight is 211 g/mol. The molecule has 0 saturated heterocycles. The molecule has 1 aromatic carbocycles. The minimum atomic E-state index is -0.454. The van der Waals surface area contributed by atoms with Crippen LogP contribution in [0.15, 0.2) is 24.3 Å². The Labute approximate surface area is 86.3 Å². The summed E-state index contributed by atoms with van der Waals surface area (Å²) in [5, 5.41) is 10.6. The molecule has 0 aromatic heterocycles. The monoisotopic (exact) mass is 211 g/mol. The molecule has 0 saturated carbocycles. The molecule has 0 spiro atoms. The van der Waals surface area contributed by atoms with Gasteiger partial charge in [-0.2, -0.15) is 0 Å². The van der Waals surface area contributed by atoms with Gasteiger partial charge in [-0.15, -0.1) is 0 Å². The molecular formula is C8H9N3O2S. The van der Waals surface area contributed by atoms with E-state index in [1.165, 1.54) is 12.1 Å². The van der Waals surface area contributed by atoms with E-state index in [0.717, 1.165) is 5.69 Å². The highest BCUT2D eigenvalue weighted by Crippen LogP contribution is 2.17. The van der Waals surface area contributed by atoms with E-state index >= 15 is 0 Å². The second-order valence-corrected chi connectivity index (χ2v) is 3.09. The minimum Gasteiger partial charge on any atom is -0.376 e.